The molecule has 4 nitrogen and oxygen atoms in total. The van der Waals surface area contributed by atoms with Crippen molar-refractivity contribution in [3.05, 3.63) is 89.5 Å². The lowest BCUT2D eigenvalue weighted by Crippen LogP contribution is -2.10. The molecular formula is C24H24N4. The summed E-state index contributed by atoms with van der Waals surface area (Å²) in [5.74, 6) is 1.41. The van der Waals surface area contributed by atoms with Gasteiger partial charge in [0.25, 0.3) is 0 Å². The van der Waals surface area contributed by atoms with Gasteiger partial charge in [0.1, 0.15) is 5.82 Å². The topological polar surface area (TPSA) is 49.8 Å². The molecule has 4 heteroatoms. The largest absolute Gasteiger partial charge is 0.363 e. The van der Waals surface area contributed by atoms with Crippen LogP contribution in [0.3, 0.4) is 0 Å². The molecule has 4 aromatic rings. The summed E-state index contributed by atoms with van der Waals surface area (Å²) in [5, 5.41) is 7.92. The number of rotatable bonds is 5. The van der Waals surface area contributed by atoms with E-state index in [1.807, 2.05) is 24.3 Å². The third-order valence-electron chi connectivity index (χ3n) is 5.02. The number of hydrogen-bond donors (Lipinski definition) is 2. The summed E-state index contributed by atoms with van der Waals surface area (Å²) >= 11 is 0. The average molecular weight is 368 g/mol. The molecule has 0 saturated heterocycles. The molecule has 2 N–H and O–H groups in total. The Morgan fingerprint density at radius 1 is 0.786 bits per heavy atom. The molecule has 0 aliphatic heterocycles. The molecule has 0 saturated carbocycles. The minimum atomic E-state index is 0.133. The van der Waals surface area contributed by atoms with Crippen LogP contribution >= 0.6 is 0 Å². The summed E-state index contributed by atoms with van der Waals surface area (Å²) in [5.41, 5.74) is 5.62. The van der Waals surface area contributed by atoms with Gasteiger partial charge in [-0.25, -0.2) is 4.98 Å². The van der Waals surface area contributed by atoms with Crippen LogP contribution < -0.4 is 10.6 Å². The number of para-hydroxylation sites is 1. The molecule has 0 aliphatic carbocycles. The Hall–Kier alpha value is -3.40. The molecule has 1 heterocycles. The molecule has 0 radical (unpaired) electrons. The highest BCUT2D eigenvalue weighted by molar-refractivity contribution is 5.90. The van der Waals surface area contributed by atoms with E-state index in [-0.39, 0.29) is 6.04 Å². The summed E-state index contributed by atoms with van der Waals surface area (Å²) in [4.78, 5) is 9.48. The quantitative estimate of drug-likeness (QED) is 0.443. The van der Waals surface area contributed by atoms with Gasteiger partial charge in [0.15, 0.2) is 0 Å². The smallest absolute Gasteiger partial charge is 0.229 e. The molecule has 3 aromatic carbocycles. The van der Waals surface area contributed by atoms with Gasteiger partial charge in [0.2, 0.25) is 5.95 Å². The van der Waals surface area contributed by atoms with Crippen LogP contribution in [-0.4, -0.2) is 9.97 Å². The van der Waals surface area contributed by atoms with Crippen molar-refractivity contribution in [1.82, 2.24) is 9.97 Å². The van der Waals surface area contributed by atoms with Crippen molar-refractivity contribution in [2.75, 3.05) is 10.6 Å². The van der Waals surface area contributed by atoms with E-state index >= 15 is 0 Å². The van der Waals surface area contributed by atoms with E-state index in [9.17, 15) is 0 Å². The zero-order valence-corrected chi connectivity index (χ0v) is 16.4. The van der Waals surface area contributed by atoms with Gasteiger partial charge in [-0.3, -0.25) is 0 Å². The Bertz CT molecular complexity index is 1110. The molecule has 0 fully saturated rings. The van der Waals surface area contributed by atoms with E-state index in [1.165, 1.54) is 16.7 Å². The molecule has 28 heavy (non-hydrogen) atoms. The van der Waals surface area contributed by atoms with Crippen molar-refractivity contribution < 1.29 is 0 Å². The van der Waals surface area contributed by atoms with Gasteiger partial charge >= 0.3 is 0 Å². The predicted octanol–water partition coefficient (Wildman–Crippen LogP) is 6.16. The summed E-state index contributed by atoms with van der Waals surface area (Å²) in [6.07, 6.45) is 0. The molecule has 1 aromatic heterocycles. The summed E-state index contributed by atoms with van der Waals surface area (Å²) < 4.78 is 0. The van der Waals surface area contributed by atoms with Crippen molar-refractivity contribution in [3.63, 3.8) is 0 Å². The number of anilines is 3. The molecular weight excluding hydrogens is 344 g/mol. The highest BCUT2D eigenvalue weighted by Crippen LogP contribution is 2.27. The van der Waals surface area contributed by atoms with Crippen molar-refractivity contribution in [3.8, 4) is 0 Å². The number of aryl methyl sites for hydroxylation is 2. The maximum absolute atomic E-state index is 4.78. The Kier molecular flexibility index (Phi) is 4.94. The first-order valence-electron chi connectivity index (χ1n) is 9.53. The fraction of sp³-hybridized carbons (Fsp3) is 0.167. The van der Waals surface area contributed by atoms with E-state index in [0.29, 0.717) is 5.95 Å². The fourth-order valence-corrected chi connectivity index (χ4v) is 3.22. The second kappa shape index (κ2) is 7.69. The van der Waals surface area contributed by atoms with Crippen molar-refractivity contribution >= 4 is 28.4 Å². The minimum absolute atomic E-state index is 0.133. The van der Waals surface area contributed by atoms with Crippen LogP contribution in [-0.2, 0) is 0 Å². The first kappa shape index (κ1) is 18.0. The van der Waals surface area contributed by atoms with Gasteiger partial charge in [0, 0.05) is 17.1 Å². The van der Waals surface area contributed by atoms with Gasteiger partial charge in [-0.1, -0.05) is 48.5 Å². The lowest BCUT2D eigenvalue weighted by molar-refractivity contribution is 0.876. The number of nitrogens with one attached hydrogen (secondary N) is 2. The van der Waals surface area contributed by atoms with Crippen LogP contribution in [0.2, 0.25) is 0 Å². The first-order chi connectivity index (χ1) is 13.6. The van der Waals surface area contributed by atoms with E-state index in [0.717, 1.165) is 22.4 Å². The first-order valence-corrected chi connectivity index (χ1v) is 9.53. The van der Waals surface area contributed by atoms with Crippen molar-refractivity contribution in [2.24, 2.45) is 0 Å². The third kappa shape index (κ3) is 3.81. The minimum Gasteiger partial charge on any atom is -0.363 e. The highest BCUT2D eigenvalue weighted by Gasteiger charge is 2.12. The number of benzene rings is 3. The summed E-state index contributed by atoms with van der Waals surface area (Å²) in [6, 6.07) is 24.9. The number of nitrogens with zero attached hydrogens (tertiary/aromatic N) is 2. The second-order valence-corrected chi connectivity index (χ2v) is 7.11. The number of hydrogen-bond acceptors (Lipinski definition) is 4. The number of fused-ring (bicyclic) bond motifs is 1. The Labute approximate surface area is 165 Å². The Morgan fingerprint density at radius 3 is 2.32 bits per heavy atom. The molecule has 0 amide bonds. The summed E-state index contributed by atoms with van der Waals surface area (Å²) in [6.45, 7) is 6.36. The summed E-state index contributed by atoms with van der Waals surface area (Å²) in [7, 11) is 0. The monoisotopic (exact) mass is 368 g/mol. The molecule has 1 atom stereocenters. The lowest BCUT2D eigenvalue weighted by atomic mass is 10.1. The average Bonchev–Trinajstić information content (AvgIpc) is 2.71. The van der Waals surface area contributed by atoms with Gasteiger partial charge in [0.05, 0.1) is 5.52 Å². The number of aromatic nitrogens is 2. The van der Waals surface area contributed by atoms with Gasteiger partial charge in [-0.05, 0) is 61.7 Å². The second-order valence-electron chi connectivity index (χ2n) is 7.11. The molecule has 0 bridgehead atoms. The third-order valence-corrected chi connectivity index (χ3v) is 5.02. The van der Waals surface area contributed by atoms with E-state index in [2.05, 4.69) is 79.9 Å². The maximum atomic E-state index is 4.78. The SMILES string of the molecule is Cc1ccc(Nc2nc(NC(C)c3ccccc3)c3ccccc3n2)cc1C. The van der Waals surface area contributed by atoms with E-state index in [4.69, 9.17) is 9.97 Å². The van der Waals surface area contributed by atoms with E-state index in [1.54, 1.807) is 0 Å². The van der Waals surface area contributed by atoms with Crippen LogP contribution in [0.5, 0.6) is 0 Å². The van der Waals surface area contributed by atoms with E-state index < -0.39 is 0 Å². The van der Waals surface area contributed by atoms with Crippen molar-refractivity contribution in [1.29, 1.82) is 0 Å². The normalized spacial score (nSPS) is 12.0. The predicted molar refractivity (Wildman–Crippen MR) is 117 cm³/mol. The zero-order valence-electron chi connectivity index (χ0n) is 16.4. The zero-order chi connectivity index (χ0) is 19.5. The van der Waals surface area contributed by atoms with Gasteiger partial charge in [-0.15, -0.1) is 0 Å². The van der Waals surface area contributed by atoms with Crippen LogP contribution in [0.4, 0.5) is 17.5 Å². The standard InChI is InChI=1S/C24H24N4/c1-16-13-14-20(15-17(16)2)26-24-27-22-12-8-7-11-21(22)23(28-24)25-18(3)19-9-5-4-6-10-19/h4-15,18H,1-3H3,(H2,25,26,27,28). The van der Waals surface area contributed by atoms with Gasteiger partial charge < -0.3 is 10.6 Å². The van der Waals surface area contributed by atoms with Gasteiger partial charge in [-0.2, -0.15) is 4.98 Å². The highest BCUT2D eigenvalue weighted by atomic mass is 15.1. The Balaban J connectivity index is 1.69. The Morgan fingerprint density at radius 2 is 1.54 bits per heavy atom. The fourth-order valence-electron chi connectivity index (χ4n) is 3.22. The van der Waals surface area contributed by atoms with Crippen LogP contribution in [0.25, 0.3) is 10.9 Å². The van der Waals surface area contributed by atoms with Crippen LogP contribution in [0, 0.1) is 13.8 Å². The molecule has 0 aliphatic rings. The van der Waals surface area contributed by atoms with Crippen LogP contribution in [0.15, 0.2) is 72.8 Å². The maximum Gasteiger partial charge on any atom is 0.229 e. The lowest BCUT2D eigenvalue weighted by Gasteiger charge is -2.17. The van der Waals surface area contributed by atoms with Crippen LogP contribution in [0.1, 0.15) is 29.7 Å². The molecule has 1 unspecified atom stereocenters. The molecule has 0 spiro atoms. The molecule has 140 valence electrons. The molecule has 4 rings (SSSR count). The van der Waals surface area contributed by atoms with Crippen molar-refractivity contribution in [2.45, 2.75) is 26.8 Å².